The minimum absolute atomic E-state index is 0.110. The van der Waals surface area contributed by atoms with Gasteiger partial charge < -0.3 is 0 Å². The maximum absolute atomic E-state index is 12.7. The van der Waals surface area contributed by atoms with Crippen LogP contribution in [-0.4, -0.2) is 0 Å². The quantitative estimate of drug-likeness (QED) is 0.577. The van der Waals surface area contributed by atoms with Crippen molar-refractivity contribution in [3.8, 4) is 0 Å². The number of hydrogen-bond donors (Lipinski definition) is 0. The molecule has 1 aromatic carbocycles. The summed E-state index contributed by atoms with van der Waals surface area (Å²) in [6.07, 6.45) is 1.23. The highest BCUT2D eigenvalue weighted by molar-refractivity contribution is 5.25. The van der Waals surface area contributed by atoms with Crippen LogP contribution in [0, 0.1) is 11.7 Å². The van der Waals surface area contributed by atoms with Gasteiger partial charge in [0.1, 0.15) is 5.82 Å². The Morgan fingerprint density at radius 2 is 2.18 bits per heavy atom. The van der Waals surface area contributed by atoms with Gasteiger partial charge in [0.2, 0.25) is 0 Å². The first-order valence-electron chi connectivity index (χ1n) is 4.03. The van der Waals surface area contributed by atoms with E-state index in [0.29, 0.717) is 5.92 Å². The first-order chi connectivity index (χ1) is 5.27. The molecule has 0 amide bonds. The van der Waals surface area contributed by atoms with Gasteiger partial charge in [-0.25, -0.2) is 4.39 Å². The van der Waals surface area contributed by atoms with E-state index in [4.69, 9.17) is 0 Å². The van der Waals surface area contributed by atoms with Crippen molar-refractivity contribution in [2.45, 2.75) is 19.3 Å². The lowest BCUT2D eigenvalue weighted by Gasteiger charge is -1.96. The molecule has 0 aliphatic heterocycles. The Hall–Kier alpha value is -0.850. The molecule has 1 unspecified atom stereocenters. The van der Waals surface area contributed by atoms with E-state index in [0.717, 1.165) is 11.5 Å². The van der Waals surface area contributed by atoms with Gasteiger partial charge in [0.05, 0.1) is 0 Å². The van der Waals surface area contributed by atoms with Crippen LogP contribution in [0.4, 0.5) is 4.39 Å². The normalized spacial score (nSPS) is 28.5. The maximum atomic E-state index is 12.7. The van der Waals surface area contributed by atoms with Crippen LogP contribution in [0.15, 0.2) is 24.3 Å². The van der Waals surface area contributed by atoms with Gasteiger partial charge in [-0.15, -0.1) is 0 Å². The standard InChI is InChI=1S/C10H11F/c1-7-5-10(7)8-3-2-4-9(11)6-8/h2-4,6-7,10H,5H2,1H3/t7-,10?/m0/s1. The molecular weight excluding hydrogens is 139 g/mol. The fourth-order valence-electron chi connectivity index (χ4n) is 1.52. The van der Waals surface area contributed by atoms with Gasteiger partial charge in [0.25, 0.3) is 0 Å². The van der Waals surface area contributed by atoms with Gasteiger partial charge in [-0.05, 0) is 36.0 Å². The zero-order valence-corrected chi connectivity index (χ0v) is 6.55. The van der Waals surface area contributed by atoms with Crippen LogP contribution in [0.2, 0.25) is 0 Å². The van der Waals surface area contributed by atoms with Crippen molar-refractivity contribution in [1.82, 2.24) is 0 Å². The second-order valence-electron chi connectivity index (χ2n) is 3.37. The van der Waals surface area contributed by atoms with Crippen LogP contribution < -0.4 is 0 Å². The van der Waals surface area contributed by atoms with E-state index < -0.39 is 0 Å². The van der Waals surface area contributed by atoms with Crippen LogP contribution in [0.5, 0.6) is 0 Å². The van der Waals surface area contributed by atoms with E-state index in [1.54, 1.807) is 12.1 Å². The highest BCUT2D eigenvalue weighted by atomic mass is 19.1. The van der Waals surface area contributed by atoms with Crippen LogP contribution >= 0.6 is 0 Å². The molecule has 0 saturated heterocycles. The summed E-state index contributed by atoms with van der Waals surface area (Å²) in [6.45, 7) is 2.20. The van der Waals surface area contributed by atoms with Crippen LogP contribution in [-0.2, 0) is 0 Å². The van der Waals surface area contributed by atoms with Crippen molar-refractivity contribution in [2.24, 2.45) is 5.92 Å². The third-order valence-electron chi connectivity index (χ3n) is 2.39. The third kappa shape index (κ3) is 1.28. The largest absolute Gasteiger partial charge is 0.207 e. The Labute approximate surface area is 66.1 Å². The fourth-order valence-corrected chi connectivity index (χ4v) is 1.52. The fraction of sp³-hybridized carbons (Fsp3) is 0.400. The second-order valence-corrected chi connectivity index (χ2v) is 3.37. The molecule has 1 aliphatic carbocycles. The van der Waals surface area contributed by atoms with E-state index in [-0.39, 0.29) is 5.82 Å². The average Bonchev–Trinajstić information content (AvgIpc) is 2.67. The Balaban J connectivity index is 2.25. The molecule has 0 heterocycles. The number of rotatable bonds is 1. The van der Waals surface area contributed by atoms with Gasteiger partial charge in [-0.3, -0.25) is 0 Å². The first-order valence-corrected chi connectivity index (χ1v) is 4.03. The molecule has 58 valence electrons. The molecule has 0 spiro atoms. The molecule has 1 heteroatoms. The van der Waals surface area contributed by atoms with E-state index >= 15 is 0 Å². The minimum atomic E-state index is -0.110. The monoisotopic (exact) mass is 150 g/mol. The smallest absolute Gasteiger partial charge is 0.123 e. The minimum Gasteiger partial charge on any atom is -0.207 e. The van der Waals surface area contributed by atoms with Crippen molar-refractivity contribution in [1.29, 1.82) is 0 Å². The predicted molar refractivity (Wildman–Crippen MR) is 42.9 cm³/mol. The number of hydrogen-bond acceptors (Lipinski definition) is 0. The second kappa shape index (κ2) is 2.33. The molecule has 1 aliphatic rings. The van der Waals surface area contributed by atoms with Crippen molar-refractivity contribution in [3.63, 3.8) is 0 Å². The number of halogens is 1. The Morgan fingerprint density at radius 1 is 1.45 bits per heavy atom. The van der Waals surface area contributed by atoms with Gasteiger partial charge >= 0.3 is 0 Å². The molecule has 0 aromatic heterocycles. The summed E-state index contributed by atoms with van der Waals surface area (Å²) < 4.78 is 12.7. The summed E-state index contributed by atoms with van der Waals surface area (Å²) in [7, 11) is 0. The molecule has 0 N–H and O–H groups in total. The zero-order chi connectivity index (χ0) is 7.84. The molecule has 2 rings (SSSR count). The summed E-state index contributed by atoms with van der Waals surface area (Å²) in [4.78, 5) is 0. The molecule has 0 bridgehead atoms. The molecule has 0 nitrogen and oxygen atoms in total. The summed E-state index contributed by atoms with van der Waals surface area (Å²) in [5.74, 6) is 1.28. The Bertz CT molecular complexity index is 267. The Kier molecular flexibility index (Phi) is 1.45. The maximum Gasteiger partial charge on any atom is 0.123 e. The lowest BCUT2D eigenvalue weighted by molar-refractivity contribution is 0.625. The topological polar surface area (TPSA) is 0 Å². The summed E-state index contributed by atoms with van der Waals surface area (Å²) >= 11 is 0. The zero-order valence-electron chi connectivity index (χ0n) is 6.55. The Morgan fingerprint density at radius 3 is 2.73 bits per heavy atom. The summed E-state index contributed by atoms with van der Waals surface area (Å²) in [5.41, 5.74) is 1.16. The highest BCUT2D eigenvalue weighted by Gasteiger charge is 2.33. The highest BCUT2D eigenvalue weighted by Crippen LogP contribution is 2.46. The van der Waals surface area contributed by atoms with Gasteiger partial charge in [0, 0.05) is 0 Å². The molecular formula is C10H11F. The van der Waals surface area contributed by atoms with Gasteiger partial charge in [0.15, 0.2) is 0 Å². The van der Waals surface area contributed by atoms with E-state index in [1.165, 1.54) is 12.5 Å². The molecule has 1 aromatic rings. The van der Waals surface area contributed by atoms with E-state index in [9.17, 15) is 4.39 Å². The van der Waals surface area contributed by atoms with Crippen LogP contribution in [0.25, 0.3) is 0 Å². The van der Waals surface area contributed by atoms with Gasteiger partial charge in [-0.2, -0.15) is 0 Å². The molecule has 11 heavy (non-hydrogen) atoms. The molecule has 2 atom stereocenters. The van der Waals surface area contributed by atoms with E-state index in [1.807, 2.05) is 6.07 Å². The third-order valence-corrected chi connectivity index (χ3v) is 2.39. The summed E-state index contributed by atoms with van der Waals surface area (Å²) in [5, 5.41) is 0. The molecule has 1 saturated carbocycles. The van der Waals surface area contributed by atoms with Crippen molar-refractivity contribution >= 4 is 0 Å². The van der Waals surface area contributed by atoms with Crippen molar-refractivity contribution in [3.05, 3.63) is 35.6 Å². The van der Waals surface area contributed by atoms with Gasteiger partial charge in [-0.1, -0.05) is 19.1 Å². The lowest BCUT2D eigenvalue weighted by atomic mass is 10.1. The van der Waals surface area contributed by atoms with Crippen molar-refractivity contribution in [2.75, 3.05) is 0 Å². The molecule has 0 radical (unpaired) electrons. The average molecular weight is 150 g/mol. The first kappa shape index (κ1) is 6.84. The van der Waals surface area contributed by atoms with E-state index in [2.05, 4.69) is 6.92 Å². The van der Waals surface area contributed by atoms with Crippen LogP contribution in [0.1, 0.15) is 24.8 Å². The number of benzene rings is 1. The lowest BCUT2D eigenvalue weighted by Crippen LogP contribution is -1.81. The molecule has 1 fully saturated rings. The van der Waals surface area contributed by atoms with Crippen LogP contribution in [0.3, 0.4) is 0 Å². The van der Waals surface area contributed by atoms with Crippen molar-refractivity contribution < 1.29 is 4.39 Å². The summed E-state index contributed by atoms with van der Waals surface area (Å²) in [6, 6.07) is 6.94. The predicted octanol–water partition coefficient (Wildman–Crippen LogP) is 2.95. The SMILES string of the molecule is C[C@H]1CC1c1cccc(F)c1.